The summed E-state index contributed by atoms with van der Waals surface area (Å²) in [4.78, 5) is 34.8. The van der Waals surface area contributed by atoms with Gasteiger partial charge in [-0.05, 0) is 12.8 Å². The highest BCUT2D eigenvalue weighted by Crippen LogP contribution is 2.42. The summed E-state index contributed by atoms with van der Waals surface area (Å²) >= 11 is 0. The number of hydrogen-bond donors (Lipinski definition) is 1. The second-order valence-corrected chi connectivity index (χ2v) is 21.4. The number of esters is 2. The van der Waals surface area contributed by atoms with E-state index < -0.39 is 19.9 Å². The zero-order chi connectivity index (χ0) is 47.4. The molecule has 1 N–H and O–H groups in total. The van der Waals surface area contributed by atoms with Crippen LogP contribution < -0.4 is 0 Å². The predicted octanol–water partition coefficient (Wildman–Crippen LogP) is 19.0. The van der Waals surface area contributed by atoms with E-state index in [0.29, 0.717) is 6.42 Å². The molecule has 0 amide bonds. The van der Waals surface area contributed by atoms with Gasteiger partial charge in [0.1, 0.15) is 6.61 Å². The van der Waals surface area contributed by atoms with E-state index >= 15 is 0 Å². The van der Waals surface area contributed by atoms with Gasteiger partial charge >= 0.3 is 19.8 Å². The Morgan fingerprint density at radius 3 is 0.846 bits per heavy atom. The third kappa shape index (κ3) is 52.3. The van der Waals surface area contributed by atoms with Crippen molar-refractivity contribution in [1.82, 2.24) is 0 Å². The van der Waals surface area contributed by atoms with Gasteiger partial charge in [-0.1, -0.05) is 296 Å². The van der Waals surface area contributed by atoms with Gasteiger partial charge in [0.25, 0.3) is 0 Å². The largest absolute Gasteiger partial charge is 0.472 e. The molecule has 0 aliphatic rings. The first-order chi connectivity index (χ1) is 31.8. The summed E-state index contributed by atoms with van der Waals surface area (Å²) in [7, 11) is -3.19. The van der Waals surface area contributed by atoms with Gasteiger partial charge in [0.2, 0.25) is 0 Å². The van der Waals surface area contributed by atoms with Gasteiger partial charge in [0, 0.05) is 20.0 Å². The number of hydrogen-bond acceptors (Lipinski definition) is 7. The molecule has 8 nitrogen and oxygen atoms in total. The van der Waals surface area contributed by atoms with Crippen LogP contribution >= 0.6 is 7.82 Å². The van der Waals surface area contributed by atoms with Crippen LogP contribution in [0.5, 0.6) is 0 Å². The van der Waals surface area contributed by atoms with Gasteiger partial charge in [0.05, 0.1) is 6.61 Å². The fraction of sp³-hybridized carbons (Fsp3) is 0.964. The Hall–Kier alpha value is -0.950. The summed E-state index contributed by atoms with van der Waals surface area (Å²) in [6, 6.07) is 0. The lowest BCUT2D eigenvalue weighted by Crippen LogP contribution is -2.29. The van der Waals surface area contributed by atoms with Crippen LogP contribution in [0, 0.1) is 0 Å². The molecule has 0 saturated heterocycles. The zero-order valence-corrected chi connectivity index (χ0v) is 44.6. The highest BCUT2D eigenvalue weighted by molar-refractivity contribution is 7.47. The van der Waals surface area contributed by atoms with Crippen molar-refractivity contribution in [2.45, 2.75) is 328 Å². The highest BCUT2D eigenvalue weighted by atomic mass is 31.2. The predicted molar refractivity (Wildman–Crippen MR) is 277 cm³/mol. The lowest BCUT2D eigenvalue weighted by Gasteiger charge is -2.19. The molecule has 0 aliphatic carbocycles. The van der Waals surface area contributed by atoms with E-state index in [1.165, 1.54) is 257 Å². The van der Waals surface area contributed by atoms with Gasteiger partial charge in [-0.25, -0.2) is 4.57 Å². The minimum atomic E-state index is -4.26. The van der Waals surface area contributed by atoms with Gasteiger partial charge in [-0.3, -0.25) is 18.6 Å². The standard InChI is InChI=1S/C56H111O8P/c1-4-6-8-10-12-14-16-18-20-22-24-26-28-30-32-34-36-38-40-42-44-46-48-50-55(57)62-52-54(53-63-65(59,60)61-3)64-56(58)51-49-47-45-43-41-39-37-35-33-31-29-27-25-23-21-19-17-15-13-11-9-7-5-2/h54H,4-53H2,1-3H3,(H,59,60). The molecule has 0 spiro atoms. The second kappa shape index (κ2) is 52.4. The summed E-state index contributed by atoms with van der Waals surface area (Å²) in [5.41, 5.74) is 0. The number of unbranched alkanes of at least 4 members (excludes halogenated alkanes) is 44. The summed E-state index contributed by atoms with van der Waals surface area (Å²) in [5.74, 6) is -0.776. The normalized spacial score (nSPS) is 13.0. The molecule has 0 heterocycles. The van der Waals surface area contributed by atoms with Crippen LogP contribution in [-0.2, 0) is 32.7 Å². The van der Waals surface area contributed by atoms with E-state index in [1.807, 2.05) is 0 Å². The van der Waals surface area contributed by atoms with Crippen molar-refractivity contribution in [3.05, 3.63) is 0 Å². The minimum absolute atomic E-state index is 0.215. The van der Waals surface area contributed by atoms with E-state index in [1.54, 1.807) is 0 Å². The Kier molecular flexibility index (Phi) is 51.7. The van der Waals surface area contributed by atoms with Crippen molar-refractivity contribution in [1.29, 1.82) is 0 Å². The maximum absolute atomic E-state index is 12.6. The van der Waals surface area contributed by atoms with E-state index in [2.05, 4.69) is 18.4 Å². The molecule has 0 aromatic heterocycles. The number of phosphoric acid groups is 1. The van der Waals surface area contributed by atoms with Gasteiger partial charge in [-0.2, -0.15) is 0 Å². The fourth-order valence-corrected chi connectivity index (χ4v) is 9.42. The summed E-state index contributed by atoms with van der Waals surface area (Å²) in [6.07, 6.45) is 60.5. The van der Waals surface area contributed by atoms with Crippen LogP contribution in [0.4, 0.5) is 0 Å². The molecule has 0 fully saturated rings. The number of phosphoric ester groups is 1. The number of carbonyl (C=O) groups excluding carboxylic acids is 2. The molecule has 2 unspecified atom stereocenters. The Labute approximate surface area is 404 Å². The fourth-order valence-electron chi connectivity index (χ4n) is 8.96. The van der Waals surface area contributed by atoms with Crippen LogP contribution in [0.1, 0.15) is 322 Å². The first-order valence-corrected chi connectivity index (χ1v) is 30.2. The summed E-state index contributed by atoms with van der Waals surface area (Å²) < 4.78 is 32.3. The van der Waals surface area contributed by atoms with E-state index in [4.69, 9.17) is 14.0 Å². The number of rotatable bonds is 55. The van der Waals surface area contributed by atoms with E-state index in [9.17, 15) is 19.0 Å². The van der Waals surface area contributed by atoms with Crippen molar-refractivity contribution < 1.29 is 37.6 Å². The monoisotopic (exact) mass is 943 g/mol. The van der Waals surface area contributed by atoms with Crippen LogP contribution in [0.15, 0.2) is 0 Å². The Bertz CT molecular complexity index is 1020. The molecule has 2 atom stereocenters. The Balaban J connectivity index is 3.77. The SMILES string of the molecule is CCCCCCCCCCCCCCCCCCCCCCCCCC(=O)OCC(COP(=O)(O)OC)OC(=O)CCCCCCCCCCCCCCCCCCCCCCCCC. The minimum Gasteiger partial charge on any atom is -0.462 e. The van der Waals surface area contributed by atoms with Crippen molar-refractivity contribution in [2.75, 3.05) is 20.3 Å². The smallest absolute Gasteiger partial charge is 0.462 e. The number of ether oxygens (including phenoxy) is 2. The topological polar surface area (TPSA) is 108 Å². The van der Waals surface area contributed by atoms with Crippen LogP contribution in [0.2, 0.25) is 0 Å². The van der Waals surface area contributed by atoms with Gasteiger partial charge in [-0.15, -0.1) is 0 Å². The van der Waals surface area contributed by atoms with Crippen molar-refractivity contribution >= 4 is 19.8 Å². The molecular weight excluding hydrogens is 832 g/mol. The van der Waals surface area contributed by atoms with E-state index in [0.717, 1.165) is 45.6 Å². The lowest BCUT2D eigenvalue weighted by molar-refractivity contribution is -0.161. The molecule has 0 aromatic rings. The molecule has 65 heavy (non-hydrogen) atoms. The molecular formula is C56H111O8P. The van der Waals surface area contributed by atoms with E-state index in [-0.39, 0.29) is 25.6 Å². The van der Waals surface area contributed by atoms with Crippen LogP contribution in [0.3, 0.4) is 0 Å². The molecule has 0 radical (unpaired) electrons. The van der Waals surface area contributed by atoms with Crippen molar-refractivity contribution in [3.63, 3.8) is 0 Å². The zero-order valence-electron chi connectivity index (χ0n) is 43.7. The molecule has 388 valence electrons. The molecule has 0 rings (SSSR count). The summed E-state index contributed by atoms with van der Waals surface area (Å²) in [5, 5.41) is 0. The van der Waals surface area contributed by atoms with Crippen LogP contribution in [0.25, 0.3) is 0 Å². The second-order valence-electron chi connectivity index (χ2n) is 19.8. The average molecular weight is 943 g/mol. The molecule has 0 aliphatic heterocycles. The lowest BCUT2D eigenvalue weighted by atomic mass is 10.0. The van der Waals surface area contributed by atoms with Gasteiger partial charge in [0.15, 0.2) is 6.10 Å². The van der Waals surface area contributed by atoms with Crippen molar-refractivity contribution in [2.24, 2.45) is 0 Å². The first-order valence-electron chi connectivity index (χ1n) is 28.7. The first kappa shape index (κ1) is 64.0. The highest BCUT2D eigenvalue weighted by Gasteiger charge is 2.25. The third-order valence-corrected chi connectivity index (χ3v) is 14.3. The molecule has 0 saturated carbocycles. The van der Waals surface area contributed by atoms with Gasteiger partial charge < -0.3 is 14.4 Å². The summed E-state index contributed by atoms with van der Waals surface area (Å²) in [6.45, 7) is 3.97. The number of carbonyl (C=O) groups is 2. The molecule has 9 heteroatoms. The average Bonchev–Trinajstić information content (AvgIpc) is 3.30. The maximum atomic E-state index is 12.6. The Morgan fingerprint density at radius 2 is 0.600 bits per heavy atom. The maximum Gasteiger partial charge on any atom is 0.472 e. The quantitative estimate of drug-likeness (QED) is 0.0365. The Morgan fingerprint density at radius 1 is 0.369 bits per heavy atom. The molecule has 0 bridgehead atoms. The molecule has 0 aromatic carbocycles. The third-order valence-electron chi connectivity index (χ3n) is 13.4. The van der Waals surface area contributed by atoms with Crippen molar-refractivity contribution in [3.8, 4) is 0 Å². The van der Waals surface area contributed by atoms with Crippen LogP contribution in [-0.4, -0.2) is 43.3 Å².